The van der Waals surface area contributed by atoms with E-state index in [1.807, 2.05) is 12.1 Å². The molecule has 1 aromatic carbocycles. The molecule has 0 spiro atoms. The van der Waals surface area contributed by atoms with Crippen molar-refractivity contribution in [1.29, 1.82) is 0 Å². The van der Waals surface area contributed by atoms with Crippen LogP contribution in [0.5, 0.6) is 5.75 Å². The first kappa shape index (κ1) is 12.1. The molecule has 2 aliphatic carbocycles. The number of aromatic hydroxyl groups is 1. The lowest BCUT2D eigenvalue weighted by molar-refractivity contribution is 0.149. The highest BCUT2D eigenvalue weighted by atomic mass is 16.3. The summed E-state index contributed by atoms with van der Waals surface area (Å²) in [5, 5.41) is 9.39. The second kappa shape index (κ2) is 4.29. The van der Waals surface area contributed by atoms with Gasteiger partial charge in [0, 0.05) is 0 Å². The van der Waals surface area contributed by atoms with Gasteiger partial charge >= 0.3 is 0 Å². The van der Waals surface area contributed by atoms with Crippen molar-refractivity contribution in [3.8, 4) is 5.75 Å². The zero-order chi connectivity index (χ0) is 12.8. The predicted molar refractivity (Wildman–Crippen MR) is 74.7 cm³/mol. The molecule has 0 saturated heterocycles. The fourth-order valence-corrected chi connectivity index (χ4v) is 4.33. The highest BCUT2D eigenvalue weighted by Crippen LogP contribution is 2.55. The molecule has 0 aromatic heterocycles. The largest absolute Gasteiger partial charge is 0.508 e. The topological polar surface area (TPSA) is 20.2 Å². The van der Waals surface area contributed by atoms with E-state index in [0.29, 0.717) is 17.1 Å². The molecule has 0 bridgehead atoms. The highest BCUT2D eigenvalue weighted by Gasteiger charge is 2.44. The molecule has 1 N–H and O–H groups in total. The molecule has 0 amide bonds. The van der Waals surface area contributed by atoms with Gasteiger partial charge in [-0.3, -0.25) is 0 Å². The average Bonchev–Trinajstić information content (AvgIpc) is 2.66. The summed E-state index contributed by atoms with van der Waals surface area (Å²) in [4.78, 5) is 0. The van der Waals surface area contributed by atoms with Gasteiger partial charge in [0.2, 0.25) is 0 Å². The number of phenolic OH excluding ortho intramolecular Hbond substituents is 1. The van der Waals surface area contributed by atoms with Crippen LogP contribution in [0.1, 0.15) is 57.4 Å². The Morgan fingerprint density at radius 1 is 1.06 bits per heavy atom. The van der Waals surface area contributed by atoms with E-state index < -0.39 is 0 Å². The summed E-state index contributed by atoms with van der Waals surface area (Å²) in [5.74, 6) is 2.98. The van der Waals surface area contributed by atoms with Crippen LogP contribution in [-0.4, -0.2) is 5.11 Å². The van der Waals surface area contributed by atoms with Gasteiger partial charge in [-0.2, -0.15) is 0 Å². The van der Waals surface area contributed by atoms with Gasteiger partial charge in [0.15, 0.2) is 0 Å². The van der Waals surface area contributed by atoms with Gasteiger partial charge in [0.1, 0.15) is 5.75 Å². The number of hydrogen-bond donors (Lipinski definition) is 1. The summed E-state index contributed by atoms with van der Waals surface area (Å²) >= 11 is 0. The fourth-order valence-electron chi connectivity index (χ4n) is 4.33. The summed E-state index contributed by atoms with van der Waals surface area (Å²) < 4.78 is 0. The molecule has 98 valence electrons. The van der Waals surface area contributed by atoms with Gasteiger partial charge in [0.05, 0.1) is 0 Å². The van der Waals surface area contributed by atoms with Crippen LogP contribution in [0.3, 0.4) is 0 Å². The third-order valence-corrected chi connectivity index (χ3v) is 5.52. The van der Waals surface area contributed by atoms with Gasteiger partial charge in [-0.15, -0.1) is 0 Å². The van der Waals surface area contributed by atoms with E-state index in [0.717, 1.165) is 11.8 Å². The molecule has 3 rings (SSSR count). The molecule has 18 heavy (non-hydrogen) atoms. The van der Waals surface area contributed by atoms with E-state index in [-0.39, 0.29) is 0 Å². The molecule has 3 unspecified atom stereocenters. The average molecular weight is 244 g/mol. The maximum absolute atomic E-state index is 9.39. The molecule has 0 aliphatic heterocycles. The first-order chi connectivity index (χ1) is 8.56. The summed E-state index contributed by atoms with van der Waals surface area (Å²) in [7, 11) is 0. The fraction of sp³-hybridized carbons (Fsp3) is 0.647. The predicted octanol–water partition coefficient (Wildman–Crippen LogP) is 4.71. The van der Waals surface area contributed by atoms with Gasteiger partial charge in [-0.05, 0) is 73.0 Å². The van der Waals surface area contributed by atoms with Crippen LogP contribution in [0.2, 0.25) is 0 Å². The molecule has 2 aliphatic rings. The van der Waals surface area contributed by atoms with Crippen LogP contribution in [-0.2, 0) is 0 Å². The summed E-state index contributed by atoms with van der Waals surface area (Å²) in [6.07, 6.45) is 6.94. The van der Waals surface area contributed by atoms with Crippen LogP contribution in [0.15, 0.2) is 24.3 Å². The van der Waals surface area contributed by atoms with Crippen molar-refractivity contribution >= 4 is 0 Å². The van der Waals surface area contributed by atoms with Crippen molar-refractivity contribution in [3.63, 3.8) is 0 Å². The van der Waals surface area contributed by atoms with E-state index in [1.54, 1.807) is 0 Å². The van der Waals surface area contributed by atoms with E-state index in [9.17, 15) is 5.11 Å². The normalized spacial score (nSPS) is 34.2. The lowest BCUT2D eigenvalue weighted by Gasteiger charge is -2.38. The SMILES string of the molecule is CC1(C)CCC2CCC(c3ccc(O)cc3)CC21. The molecule has 0 radical (unpaired) electrons. The van der Waals surface area contributed by atoms with Gasteiger partial charge in [-0.25, -0.2) is 0 Å². The molecule has 1 aromatic rings. The monoisotopic (exact) mass is 244 g/mol. The Morgan fingerprint density at radius 2 is 1.78 bits per heavy atom. The smallest absolute Gasteiger partial charge is 0.115 e. The maximum atomic E-state index is 9.39. The number of phenols is 1. The number of fused-ring (bicyclic) bond motifs is 1. The van der Waals surface area contributed by atoms with Gasteiger partial charge in [-0.1, -0.05) is 26.0 Å². The molecule has 2 saturated carbocycles. The quantitative estimate of drug-likeness (QED) is 0.758. The Hall–Kier alpha value is -0.980. The molecule has 1 nitrogen and oxygen atoms in total. The Bertz CT molecular complexity index is 418. The van der Waals surface area contributed by atoms with Gasteiger partial charge in [0.25, 0.3) is 0 Å². The molecule has 0 heterocycles. The first-order valence-corrected chi connectivity index (χ1v) is 7.35. The van der Waals surface area contributed by atoms with Crippen molar-refractivity contribution in [2.45, 2.75) is 51.9 Å². The van der Waals surface area contributed by atoms with Crippen LogP contribution in [0.25, 0.3) is 0 Å². The maximum Gasteiger partial charge on any atom is 0.115 e. The van der Waals surface area contributed by atoms with Crippen molar-refractivity contribution < 1.29 is 5.11 Å². The molecule has 3 atom stereocenters. The van der Waals surface area contributed by atoms with Crippen LogP contribution in [0.4, 0.5) is 0 Å². The zero-order valence-electron chi connectivity index (χ0n) is 11.5. The Morgan fingerprint density at radius 3 is 2.50 bits per heavy atom. The molecule has 1 heteroatoms. The van der Waals surface area contributed by atoms with Crippen LogP contribution in [0, 0.1) is 17.3 Å². The molecule has 2 fully saturated rings. The van der Waals surface area contributed by atoms with Gasteiger partial charge < -0.3 is 5.11 Å². The summed E-state index contributed by atoms with van der Waals surface area (Å²) in [6.45, 7) is 4.91. The van der Waals surface area contributed by atoms with E-state index in [4.69, 9.17) is 0 Å². The van der Waals surface area contributed by atoms with E-state index >= 15 is 0 Å². The lowest BCUT2D eigenvalue weighted by Crippen LogP contribution is -2.28. The minimum Gasteiger partial charge on any atom is -0.508 e. The van der Waals surface area contributed by atoms with Crippen molar-refractivity contribution in [3.05, 3.63) is 29.8 Å². The Kier molecular flexibility index (Phi) is 2.88. The second-order valence-corrected chi connectivity index (χ2v) is 7.00. The number of benzene rings is 1. The zero-order valence-corrected chi connectivity index (χ0v) is 11.5. The minimum atomic E-state index is 0.383. The Labute approximate surface area is 110 Å². The standard InChI is InChI=1S/C17H24O/c1-17(2)10-9-13-3-4-14(11-16(13)17)12-5-7-15(18)8-6-12/h5-8,13-14,16,18H,3-4,9-11H2,1-2H3. The summed E-state index contributed by atoms with van der Waals surface area (Å²) in [6, 6.07) is 7.90. The number of hydrogen-bond acceptors (Lipinski definition) is 1. The van der Waals surface area contributed by atoms with Crippen LogP contribution < -0.4 is 0 Å². The third kappa shape index (κ3) is 2.04. The van der Waals surface area contributed by atoms with Crippen molar-refractivity contribution in [2.75, 3.05) is 0 Å². The number of rotatable bonds is 1. The van der Waals surface area contributed by atoms with E-state index in [2.05, 4.69) is 26.0 Å². The molecular weight excluding hydrogens is 220 g/mol. The highest BCUT2D eigenvalue weighted by molar-refractivity contribution is 5.28. The molecular formula is C17H24O. The lowest BCUT2D eigenvalue weighted by atomic mass is 9.67. The van der Waals surface area contributed by atoms with Crippen LogP contribution >= 0.6 is 0 Å². The van der Waals surface area contributed by atoms with Crippen molar-refractivity contribution in [1.82, 2.24) is 0 Å². The minimum absolute atomic E-state index is 0.383. The third-order valence-electron chi connectivity index (χ3n) is 5.52. The van der Waals surface area contributed by atoms with Crippen molar-refractivity contribution in [2.24, 2.45) is 17.3 Å². The second-order valence-electron chi connectivity index (χ2n) is 7.00. The summed E-state index contributed by atoms with van der Waals surface area (Å²) in [5.41, 5.74) is 1.97. The van der Waals surface area contributed by atoms with E-state index in [1.165, 1.54) is 37.7 Å². The first-order valence-electron chi connectivity index (χ1n) is 7.35. The Balaban J connectivity index is 1.78.